The van der Waals surface area contributed by atoms with Gasteiger partial charge in [0.15, 0.2) is 0 Å². The van der Waals surface area contributed by atoms with E-state index in [9.17, 15) is 0 Å². The average molecular weight is 257 g/mol. The fourth-order valence-electron chi connectivity index (χ4n) is 2.57. The highest BCUT2D eigenvalue weighted by molar-refractivity contribution is 5.39. The quantitative estimate of drug-likeness (QED) is 0.836. The molecule has 0 N–H and O–H groups in total. The topological polar surface area (TPSA) is 46.8 Å². The molecule has 5 nitrogen and oxygen atoms in total. The number of hydrogen-bond donors (Lipinski definition) is 0. The molecule has 0 saturated carbocycles. The smallest absolute Gasteiger partial charge is 0.147 e. The lowest BCUT2D eigenvalue weighted by Gasteiger charge is -2.40. The molecule has 0 radical (unpaired) electrons. The van der Waals surface area contributed by atoms with Gasteiger partial charge in [-0.25, -0.2) is 9.97 Å². The van der Waals surface area contributed by atoms with Crippen LogP contribution in [0.4, 0.5) is 5.82 Å². The maximum absolute atomic E-state index is 4.50. The Hall–Kier alpha value is -1.91. The predicted octanol–water partition coefficient (Wildman–Crippen LogP) is 1.68. The normalized spacial score (nSPS) is 15.6. The van der Waals surface area contributed by atoms with E-state index in [2.05, 4.69) is 37.5 Å². The van der Waals surface area contributed by atoms with Gasteiger partial charge in [-0.2, -0.15) is 0 Å². The predicted molar refractivity (Wildman–Crippen MR) is 74.1 cm³/mol. The minimum absolute atomic E-state index is 0.682. The lowest BCUT2D eigenvalue weighted by atomic mass is 10.0. The molecule has 2 aromatic heterocycles. The number of aryl methyl sites for hydroxylation is 2. The molecule has 2 aromatic rings. The fraction of sp³-hybridized carbons (Fsp3) is 0.500. The van der Waals surface area contributed by atoms with E-state index < -0.39 is 0 Å². The molecule has 0 aliphatic carbocycles. The van der Waals surface area contributed by atoms with Crippen molar-refractivity contribution < 1.29 is 0 Å². The molecule has 1 aliphatic rings. The fourth-order valence-corrected chi connectivity index (χ4v) is 2.57. The minimum Gasteiger partial charge on any atom is -0.355 e. The molecule has 0 aromatic carbocycles. The van der Waals surface area contributed by atoms with E-state index in [4.69, 9.17) is 0 Å². The minimum atomic E-state index is 0.682. The molecule has 3 rings (SSSR count). The molecule has 100 valence electrons. The van der Waals surface area contributed by atoms with Crippen molar-refractivity contribution in [3.8, 4) is 0 Å². The molecule has 0 amide bonds. The Labute approximate surface area is 113 Å². The van der Waals surface area contributed by atoms with E-state index >= 15 is 0 Å². The zero-order chi connectivity index (χ0) is 13.2. The highest BCUT2D eigenvalue weighted by atomic mass is 15.3. The Bertz CT molecular complexity index is 556. The van der Waals surface area contributed by atoms with Crippen LogP contribution in [0, 0.1) is 12.8 Å². The van der Waals surface area contributed by atoms with E-state index in [-0.39, 0.29) is 0 Å². The van der Waals surface area contributed by atoms with Crippen molar-refractivity contribution in [2.75, 3.05) is 18.0 Å². The van der Waals surface area contributed by atoms with E-state index in [1.54, 1.807) is 6.20 Å². The molecule has 1 saturated heterocycles. The number of hydrogen-bond acceptors (Lipinski definition) is 4. The number of imidazole rings is 1. The lowest BCUT2D eigenvalue weighted by molar-refractivity contribution is 0.350. The Balaban J connectivity index is 1.58. The molecule has 1 fully saturated rings. The second-order valence-electron chi connectivity index (χ2n) is 5.14. The van der Waals surface area contributed by atoms with Crippen molar-refractivity contribution in [2.24, 2.45) is 5.92 Å². The molecule has 5 heteroatoms. The highest BCUT2D eigenvalue weighted by Crippen LogP contribution is 2.23. The van der Waals surface area contributed by atoms with Crippen molar-refractivity contribution in [1.82, 2.24) is 19.5 Å². The second-order valence-corrected chi connectivity index (χ2v) is 5.14. The maximum Gasteiger partial charge on any atom is 0.147 e. The Kier molecular flexibility index (Phi) is 3.19. The van der Waals surface area contributed by atoms with Crippen molar-refractivity contribution in [3.63, 3.8) is 0 Å². The van der Waals surface area contributed by atoms with Crippen LogP contribution in [0.5, 0.6) is 0 Å². The van der Waals surface area contributed by atoms with Gasteiger partial charge in [0.1, 0.15) is 11.6 Å². The van der Waals surface area contributed by atoms with Gasteiger partial charge in [0.2, 0.25) is 0 Å². The molecule has 0 atom stereocenters. The Morgan fingerprint density at radius 2 is 2.16 bits per heavy atom. The molecular weight excluding hydrogens is 238 g/mol. The average Bonchev–Trinajstić information content (AvgIpc) is 2.80. The summed E-state index contributed by atoms with van der Waals surface area (Å²) in [7, 11) is 0. The highest BCUT2D eigenvalue weighted by Gasteiger charge is 2.28. The molecule has 3 heterocycles. The molecule has 0 spiro atoms. The third-order valence-electron chi connectivity index (χ3n) is 3.60. The van der Waals surface area contributed by atoms with Gasteiger partial charge in [-0.15, -0.1) is 0 Å². The van der Waals surface area contributed by atoms with Crippen LogP contribution >= 0.6 is 0 Å². The largest absolute Gasteiger partial charge is 0.355 e. The number of nitrogens with zero attached hydrogens (tertiary/aromatic N) is 5. The van der Waals surface area contributed by atoms with Gasteiger partial charge in [-0.1, -0.05) is 6.92 Å². The summed E-state index contributed by atoms with van der Waals surface area (Å²) in [4.78, 5) is 15.3. The molecule has 1 aliphatic heterocycles. The summed E-state index contributed by atoms with van der Waals surface area (Å²) in [5, 5.41) is 0. The van der Waals surface area contributed by atoms with Gasteiger partial charge in [0, 0.05) is 50.6 Å². The molecule has 0 bridgehead atoms. The molecular formula is C14H19N5. The summed E-state index contributed by atoms with van der Waals surface area (Å²) >= 11 is 0. The first-order chi connectivity index (χ1) is 9.26. The van der Waals surface area contributed by atoms with Crippen LogP contribution < -0.4 is 4.90 Å². The van der Waals surface area contributed by atoms with Crippen molar-refractivity contribution in [2.45, 2.75) is 26.8 Å². The number of rotatable bonds is 4. The van der Waals surface area contributed by atoms with Crippen LogP contribution in [-0.4, -0.2) is 32.6 Å². The summed E-state index contributed by atoms with van der Waals surface area (Å²) in [6.45, 7) is 7.29. The van der Waals surface area contributed by atoms with Gasteiger partial charge in [-0.05, 0) is 6.92 Å². The number of aromatic nitrogens is 4. The van der Waals surface area contributed by atoms with Crippen LogP contribution in [0.25, 0.3) is 0 Å². The van der Waals surface area contributed by atoms with Crippen LogP contribution in [0.1, 0.15) is 18.4 Å². The maximum atomic E-state index is 4.50. The van der Waals surface area contributed by atoms with Crippen molar-refractivity contribution >= 4 is 5.82 Å². The first kappa shape index (κ1) is 12.1. The zero-order valence-electron chi connectivity index (χ0n) is 11.5. The van der Waals surface area contributed by atoms with Gasteiger partial charge in [0.25, 0.3) is 0 Å². The first-order valence-electron chi connectivity index (χ1n) is 6.80. The monoisotopic (exact) mass is 257 g/mol. The molecule has 19 heavy (non-hydrogen) atoms. The van der Waals surface area contributed by atoms with E-state index in [0.29, 0.717) is 5.92 Å². The summed E-state index contributed by atoms with van der Waals surface area (Å²) in [5.41, 5.74) is 0.976. The third kappa shape index (κ3) is 2.45. The van der Waals surface area contributed by atoms with Crippen LogP contribution in [-0.2, 0) is 13.0 Å². The van der Waals surface area contributed by atoms with Crippen molar-refractivity contribution in [3.05, 3.63) is 36.3 Å². The van der Waals surface area contributed by atoms with Crippen LogP contribution in [0.3, 0.4) is 0 Å². The number of anilines is 1. The second kappa shape index (κ2) is 4.99. The first-order valence-corrected chi connectivity index (χ1v) is 6.80. The SMILES string of the molecule is CCc1nccn1CC1CN(c2cncc(C)n2)C1. The summed E-state index contributed by atoms with van der Waals surface area (Å²) in [6.07, 6.45) is 8.60. The lowest BCUT2D eigenvalue weighted by Crippen LogP contribution is -2.49. The Morgan fingerprint density at radius 3 is 2.89 bits per heavy atom. The summed E-state index contributed by atoms with van der Waals surface area (Å²) in [5.74, 6) is 2.85. The van der Waals surface area contributed by atoms with E-state index in [0.717, 1.165) is 37.6 Å². The van der Waals surface area contributed by atoms with Gasteiger partial charge < -0.3 is 9.47 Å². The standard InChI is InChI=1S/C14H19N5/c1-3-13-16-4-5-18(13)8-12-9-19(10-12)14-7-15-6-11(2)17-14/h4-7,12H,3,8-10H2,1-2H3. The van der Waals surface area contributed by atoms with Gasteiger partial charge >= 0.3 is 0 Å². The van der Waals surface area contributed by atoms with Crippen LogP contribution in [0.2, 0.25) is 0 Å². The zero-order valence-corrected chi connectivity index (χ0v) is 11.5. The summed E-state index contributed by atoms with van der Waals surface area (Å²) in [6, 6.07) is 0. The van der Waals surface area contributed by atoms with Gasteiger partial charge in [-0.3, -0.25) is 4.98 Å². The van der Waals surface area contributed by atoms with E-state index in [1.165, 1.54) is 5.82 Å². The van der Waals surface area contributed by atoms with E-state index in [1.807, 2.05) is 19.3 Å². The van der Waals surface area contributed by atoms with Gasteiger partial charge in [0.05, 0.1) is 11.9 Å². The third-order valence-corrected chi connectivity index (χ3v) is 3.60. The van der Waals surface area contributed by atoms with Crippen molar-refractivity contribution in [1.29, 1.82) is 0 Å². The molecule has 0 unspecified atom stereocenters. The summed E-state index contributed by atoms with van der Waals surface area (Å²) < 4.78 is 2.27. The Morgan fingerprint density at radius 1 is 1.32 bits per heavy atom. The van der Waals surface area contributed by atoms with Crippen LogP contribution in [0.15, 0.2) is 24.8 Å².